The molecule has 3 aromatic rings. The quantitative estimate of drug-likeness (QED) is 0.510. The number of aryl methyl sites for hydroxylation is 1. The highest BCUT2D eigenvalue weighted by atomic mass is 16.5. The van der Waals surface area contributed by atoms with Crippen molar-refractivity contribution < 1.29 is 14.3 Å². The fraction of sp³-hybridized carbons (Fsp3) is 0.231. The lowest BCUT2D eigenvalue weighted by Crippen LogP contribution is -2.35. The maximum Gasteiger partial charge on any atom is 0.269 e. The second-order valence-corrected chi connectivity index (χ2v) is 8.37. The van der Waals surface area contributed by atoms with Crippen LogP contribution in [0.4, 0.5) is 5.69 Å². The SMILES string of the molecule is COc1cc(C)c2c(c1)CCN2C(=O)Cc1ccc(C2c3ccccc3C(=O)N2N)cc1. The van der Waals surface area contributed by atoms with Crippen molar-refractivity contribution in [2.24, 2.45) is 5.84 Å². The van der Waals surface area contributed by atoms with Gasteiger partial charge in [-0.05, 0) is 59.4 Å². The van der Waals surface area contributed by atoms with E-state index in [1.54, 1.807) is 13.2 Å². The summed E-state index contributed by atoms with van der Waals surface area (Å²) in [4.78, 5) is 27.4. The number of hydrazine groups is 1. The number of nitrogens with two attached hydrogens (primary N) is 1. The maximum atomic E-state index is 13.1. The number of hydrogen-bond donors (Lipinski definition) is 1. The first-order valence-corrected chi connectivity index (χ1v) is 10.7. The van der Waals surface area contributed by atoms with Crippen LogP contribution in [0.2, 0.25) is 0 Å². The van der Waals surface area contributed by atoms with Crippen molar-refractivity contribution in [2.75, 3.05) is 18.6 Å². The van der Waals surface area contributed by atoms with Crippen LogP contribution in [0.25, 0.3) is 0 Å². The number of rotatable bonds is 4. The first kappa shape index (κ1) is 20.3. The topological polar surface area (TPSA) is 75.9 Å². The van der Waals surface area contributed by atoms with Crippen molar-refractivity contribution in [2.45, 2.75) is 25.8 Å². The number of amides is 2. The lowest BCUT2D eigenvalue weighted by molar-refractivity contribution is -0.117. The Balaban J connectivity index is 1.35. The minimum atomic E-state index is -0.313. The number of methoxy groups -OCH3 is 1. The third-order valence-electron chi connectivity index (χ3n) is 6.41. The molecule has 2 aliphatic rings. The van der Waals surface area contributed by atoms with Crippen molar-refractivity contribution in [1.82, 2.24) is 5.01 Å². The van der Waals surface area contributed by atoms with Gasteiger partial charge >= 0.3 is 0 Å². The zero-order valence-corrected chi connectivity index (χ0v) is 18.2. The summed E-state index contributed by atoms with van der Waals surface area (Å²) in [5.41, 5.74) is 6.61. The Hall–Kier alpha value is -3.64. The second kappa shape index (κ2) is 7.80. The van der Waals surface area contributed by atoms with Crippen LogP contribution in [0.15, 0.2) is 60.7 Å². The van der Waals surface area contributed by atoms with Crippen molar-refractivity contribution in [1.29, 1.82) is 0 Å². The van der Waals surface area contributed by atoms with Crippen LogP contribution in [-0.4, -0.2) is 30.5 Å². The Bertz CT molecular complexity index is 1220. The standard InChI is InChI=1S/C26H25N3O3/c1-16-13-20(32-2)15-19-11-12-28(24(16)19)23(30)14-17-7-9-18(10-8-17)25-21-5-3-4-6-22(21)26(31)29(25)27/h3-10,13,15,25H,11-12,14,27H2,1-2H3. The van der Waals surface area contributed by atoms with Crippen molar-refractivity contribution in [3.63, 3.8) is 0 Å². The van der Waals surface area contributed by atoms with Crippen molar-refractivity contribution >= 4 is 17.5 Å². The van der Waals surface area contributed by atoms with Gasteiger partial charge in [0.1, 0.15) is 5.75 Å². The van der Waals surface area contributed by atoms with E-state index in [-0.39, 0.29) is 17.9 Å². The minimum Gasteiger partial charge on any atom is -0.497 e. The highest BCUT2D eigenvalue weighted by molar-refractivity contribution is 5.99. The summed E-state index contributed by atoms with van der Waals surface area (Å²) < 4.78 is 5.36. The summed E-state index contributed by atoms with van der Waals surface area (Å²) in [5, 5.41) is 1.28. The summed E-state index contributed by atoms with van der Waals surface area (Å²) >= 11 is 0. The number of fused-ring (bicyclic) bond motifs is 2. The predicted molar refractivity (Wildman–Crippen MR) is 123 cm³/mol. The Morgan fingerprint density at radius 2 is 1.88 bits per heavy atom. The number of benzene rings is 3. The van der Waals surface area contributed by atoms with E-state index < -0.39 is 0 Å². The average molecular weight is 428 g/mol. The molecule has 0 bridgehead atoms. The largest absolute Gasteiger partial charge is 0.497 e. The van der Waals surface area contributed by atoms with Crippen LogP contribution in [-0.2, 0) is 17.6 Å². The summed E-state index contributed by atoms with van der Waals surface area (Å²) in [5.74, 6) is 6.83. The molecule has 2 amide bonds. The van der Waals surface area contributed by atoms with E-state index in [9.17, 15) is 9.59 Å². The van der Waals surface area contributed by atoms with Gasteiger partial charge in [0.2, 0.25) is 5.91 Å². The lowest BCUT2D eigenvalue weighted by Gasteiger charge is -2.21. The summed E-state index contributed by atoms with van der Waals surface area (Å²) in [6.07, 6.45) is 1.15. The number of nitrogens with zero attached hydrogens (tertiary/aromatic N) is 2. The monoisotopic (exact) mass is 427 g/mol. The number of ether oxygens (including phenoxy) is 1. The van der Waals surface area contributed by atoms with Crippen LogP contribution < -0.4 is 15.5 Å². The van der Waals surface area contributed by atoms with E-state index in [1.807, 2.05) is 66.4 Å². The molecule has 0 aromatic heterocycles. The average Bonchev–Trinajstić information content (AvgIpc) is 3.34. The van der Waals surface area contributed by atoms with E-state index in [2.05, 4.69) is 0 Å². The van der Waals surface area contributed by atoms with Gasteiger partial charge in [0.05, 0.1) is 25.3 Å². The molecule has 0 aliphatic carbocycles. The molecule has 6 nitrogen and oxygen atoms in total. The van der Waals surface area contributed by atoms with E-state index in [1.165, 1.54) is 5.01 Å². The molecule has 1 atom stereocenters. The molecule has 1 unspecified atom stereocenters. The normalized spacial score (nSPS) is 16.8. The third kappa shape index (κ3) is 3.24. The molecule has 0 saturated carbocycles. The van der Waals surface area contributed by atoms with E-state index in [0.717, 1.165) is 45.7 Å². The summed E-state index contributed by atoms with van der Waals surface area (Å²) in [7, 11) is 1.66. The van der Waals surface area contributed by atoms with Gasteiger partial charge in [0, 0.05) is 12.1 Å². The van der Waals surface area contributed by atoms with Crippen molar-refractivity contribution in [3.8, 4) is 5.75 Å². The molecule has 2 N–H and O–H groups in total. The number of hydrogen-bond acceptors (Lipinski definition) is 4. The van der Waals surface area contributed by atoms with Gasteiger partial charge in [-0.1, -0.05) is 42.5 Å². The molecule has 0 spiro atoms. The molecule has 5 rings (SSSR count). The van der Waals surface area contributed by atoms with E-state index in [4.69, 9.17) is 10.6 Å². The molecule has 0 saturated heterocycles. The number of carbonyl (C=O) groups excluding carboxylic acids is 2. The Labute approximate surface area is 187 Å². The molecule has 162 valence electrons. The molecule has 32 heavy (non-hydrogen) atoms. The van der Waals surface area contributed by atoms with Gasteiger partial charge in [-0.3, -0.25) is 14.6 Å². The molecule has 0 fully saturated rings. The Morgan fingerprint density at radius 3 is 2.62 bits per heavy atom. The first-order chi connectivity index (χ1) is 15.5. The van der Waals surface area contributed by atoms with Gasteiger partial charge in [-0.2, -0.15) is 0 Å². The lowest BCUT2D eigenvalue weighted by atomic mass is 9.97. The zero-order valence-electron chi connectivity index (χ0n) is 18.2. The molecular formula is C26H25N3O3. The molecule has 2 heterocycles. The number of carbonyl (C=O) groups is 2. The molecule has 0 radical (unpaired) electrons. The highest BCUT2D eigenvalue weighted by Gasteiger charge is 2.35. The fourth-order valence-electron chi connectivity index (χ4n) is 4.87. The van der Waals surface area contributed by atoms with Gasteiger partial charge in [0.25, 0.3) is 5.91 Å². The van der Waals surface area contributed by atoms with Crippen LogP contribution in [0.3, 0.4) is 0 Å². The summed E-state index contributed by atoms with van der Waals surface area (Å²) in [6, 6.07) is 19.0. The predicted octanol–water partition coefficient (Wildman–Crippen LogP) is 3.55. The zero-order chi connectivity index (χ0) is 22.4. The minimum absolute atomic E-state index is 0.0756. The van der Waals surface area contributed by atoms with Gasteiger partial charge in [0.15, 0.2) is 0 Å². The molecular weight excluding hydrogens is 402 g/mol. The summed E-state index contributed by atoms with van der Waals surface area (Å²) in [6.45, 7) is 2.70. The fourth-order valence-corrected chi connectivity index (χ4v) is 4.87. The Kier molecular flexibility index (Phi) is 4.94. The van der Waals surface area contributed by atoms with Gasteiger partial charge in [-0.25, -0.2) is 5.84 Å². The first-order valence-electron chi connectivity index (χ1n) is 10.7. The molecule has 3 aromatic carbocycles. The number of anilines is 1. The van der Waals surface area contributed by atoms with Crippen LogP contribution in [0, 0.1) is 6.92 Å². The van der Waals surface area contributed by atoms with Crippen LogP contribution in [0.5, 0.6) is 5.75 Å². The Morgan fingerprint density at radius 1 is 1.12 bits per heavy atom. The second-order valence-electron chi connectivity index (χ2n) is 8.37. The van der Waals surface area contributed by atoms with Crippen LogP contribution >= 0.6 is 0 Å². The van der Waals surface area contributed by atoms with Crippen LogP contribution in [0.1, 0.15) is 44.2 Å². The highest BCUT2D eigenvalue weighted by Crippen LogP contribution is 2.37. The van der Waals surface area contributed by atoms with Gasteiger partial charge < -0.3 is 9.64 Å². The maximum absolute atomic E-state index is 13.1. The van der Waals surface area contributed by atoms with E-state index >= 15 is 0 Å². The molecule has 6 heteroatoms. The van der Waals surface area contributed by atoms with Crippen molar-refractivity contribution in [3.05, 3.63) is 94.0 Å². The molecule has 2 aliphatic heterocycles. The third-order valence-corrected chi connectivity index (χ3v) is 6.41. The van der Waals surface area contributed by atoms with E-state index in [0.29, 0.717) is 18.5 Å². The van der Waals surface area contributed by atoms with Gasteiger partial charge in [-0.15, -0.1) is 0 Å². The smallest absolute Gasteiger partial charge is 0.269 e.